The summed E-state index contributed by atoms with van der Waals surface area (Å²) in [6.07, 6.45) is 10.4. The number of fused-ring (bicyclic) bond motifs is 5. The third kappa shape index (κ3) is 7.79. The number of para-hydroxylation sites is 2. The normalized spacial score (nSPS) is 22.1. The summed E-state index contributed by atoms with van der Waals surface area (Å²) < 4.78 is 0. The Morgan fingerprint density at radius 1 is 0.443 bits per heavy atom. The molecule has 350 valence electrons. The summed E-state index contributed by atoms with van der Waals surface area (Å²) in [6, 6.07) is 75.9. The van der Waals surface area contributed by atoms with Crippen LogP contribution in [0.2, 0.25) is 0 Å². The zero-order valence-corrected chi connectivity index (χ0v) is 41.9. The Morgan fingerprint density at radius 3 is 1.49 bits per heavy atom. The molecule has 8 aromatic rings. The van der Waals surface area contributed by atoms with Crippen molar-refractivity contribution in [3.8, 4) is 22.3 Å². The molecule has 4 aliphatic carbocycles. The van der Waals surface area contributed by atoms with E-state index in [1.807, 2.05) is 0 Å². The van der Waals surface area contributed by atoms with E-state index in [0.717, 1.165) is 36.3 Å². The van der Waals surface area contributed by atoms with Crippen molar-refractivity contribution in [3.05, 3.63) is 228 Å². The Hall–Kier alpha value is -6.64. The van der Waals surface area contributed by atoms with Crippen molar-refractivity contribution in [3.63, 3.8) is 0 Å². The third-order valence-electron chi connectivity index (χ3n) is 17.8. The SMILES string of the molecule is CC1(C)c2cc(N(c3ccccc3)c3ccc(C4(c5ccc(N(c6ccccc6)c6ccc(C7CC8CCC7C8)cc6)cc5)CCC(C(C)(C)C)CC4)cc3)ccc2-c2c(-c3ccccc3)cccc21. The van der Waals surface area contributed by atoms with Crippen molar-refractivity contribution in [2.24, 2.45) is 23.2 Å². The van der Waals surface area contributed by atoms with Crippen LogP contribution >= 0.6 is 0 Å². The lowest BCUT2D eigenvalue weighted by Gasteiger charge is -2.45. The summed E-state index contributed by atoms with van der Waals surface area (Å²) in [5, 5.41) is 0. The van der Waals surface area contributed by atoms with Gasteiger partial charge >= 0.3 is 0 Å². The minimum atomic E-state index is -0.150. The Balaban J connectivity index is 0.898. The molecule has 0 N–H and O–H groups in total. The fraction of sp³-hybridized carbons (Fsp3) is 0.294. The zero-order valence-electron chi connectivity index (χ0n) is 41.9. The highest BCUT2D eigenvalue weighted by atomic mass is 15.1. The summed E-state index contributed by atoms with van der Waals surface area (Å²) in [5.41, 5.74) is 19.6. The van der Waals surface area contributed by atoms with Crippen molar-refractivity contribution in [2.45, 2.75) is 103 Å². The van der Waals surface area contributed by atoms with Gasteiger partial charge in [0.2, 0.25) is 0 Å². The smallest absolute Gasteiger partial charge is 0.0465 e. The van der Waals surface area contributed by atoms with Crippen molar-refractivity contribution in [1.29, 1.82) is 0 Å². The molecule has 2 bridgehead atoms. The van der Waals surface area contributed by atoms with Crippen LogP contribution in [-0.4, -0.2) is 0 Å². The maximum absolute atomic E-state index is 2.47. The van der Waals surface area contributed by atoms with E-state index >= 15 is 0 Å². The minimum absolute atomic E-state index is 0.0872. The van der Waals surface area contributed by atoms with Crippen molar-refractivity contribution in [1.82, 2.24) is 0 Å². The molecule has 0 aromatic heterocycles. The summed E-state index contributed by atoms with van der Waals surface area (Å²) in [6.45, 7) is 12.1. The van der Waals surface area contributed by atoms with Gasteiger partial charge in [-0.05, 0) is 197 Å². The van der Waals surface area contributed by atoms with Gasteiger partial charge in [-0.15, -0.1) is 0 Å². The Kier molecular flexibility index (Phi) is 11.2. The van der Waals surface area contributed by atoms with Crippen LogP contribution in [-0.2, 0) is 10.8 Å². The molecule has 70 heavy (non-hydrogen) atoms. The van der Waals surface area contributed by atoms with Crippen LogP contribution in [0.15, 0.2) is 200 Å². The summed E-state index contributed by atoms with van der Waals surface area (Å²) >= 11 is 0. The van der Waals surface area contributed by atoms with E-state index in [4.69, 9.17) is 0 Å². The van der Waals surface area contributed by atoms with Gasteiger partial charge in [0, 0.05) is 45.0 Å². The second kappa shape index (κ2) is 17.6. The average molecular weight is 913 g/mol. The molecule has 0 aliphatic heterocycles. The summed E-state index contributed by atoms with van der Waals surface area (Å²) in [7, 11) is 0. The number of rotatable bonds is 10. The molecule has 3 unspecified atom stereocenters. The fourth-order valence-corrected chi connectivity index (χ4v) is 13.9. The van der Waals surface area contributed by atoms with Crippen LogP contribution in [0, 0.1) is 23.2 Å². The molecule has 12 rings (SSSR count). The van der Waals surface area contributed by atoms with Crippen LogP contribution in [0.4, 0.5) is 34.1 Å². The van der Waals surface area contributed by atoms with Gasteiger partial charge in [0.05, 0.1) is 0 Å². The quantitative estimate of drug-likeness (QED) is 0.135. The van der Waals surface area contributed by atoms with Crippen molar-refractivity contribution < 1.29 is 0 Å². The number of anilines is 6. The monoisotopic (exact) mass is 913 g/mol. The molecule has 2 nitrogen and oxygen atoms in total. The molecule has 8 aromatic carbocycles. The number of hydrogen-bond acceptors (Lipinski definition) is 2. The van der Waals surface area contributed by atoms with E-state index in [0.29, 0.717) is 5.92 Å². The second-order valence-electron chi connectivity index (χ2n) is 23.0. The molecule has 4 aliphatic rings. The first-order valence-electron chi connectivity index (χ1n) is 26.4. The van der Waals surface area contributed by atoms with Crippen LogP contribution < -0.4 is 9.80 Å². The molecule has 0 radical (unpaired) electrons. The van der Waals surface area contributed by atoms with Crippen LogP contribution in [0.1, 0.15) is 120 Å². The predicted octanol–water partition coefficient (Wildman–Crippen LogP) is 19.0. The van der Waals surface area contributed by atoms with Crippen molar-refractivity contribution in [2.75, 3.05) is 9.80 Å². The highest BCUT2D eigenvalue weighted by molar-refractivity contribution is 5.94. The van der Waals surface area contributed by atoms with Crippen LogP contribution in [0.5, 0.6) is 0 Å². The van der Waals surface area contributed by atoms with Crippen LogP contribution in [0.3, 0.4) is 0 Å². The number of nitrogens with zero attached hydrogens (tertiary/aromatic N) is 2. The highest BCUT2D eigenvalue weighted by Gasteiger charge is 2.43. The zero-order chi connectivity index (χ0) is 47.6. The largest absolute Gasteiger partial charge is 0.311 e. The molecule has 3 atom stereocenters. The predicted molar refractivity (Wildman–Crippen MR) is 296 cm³/mol. The maximum Gasteiger partial charge on any atom is 0.0465 e. The highest BCUT2D eigenvalue weighted by Crippen LogP contribution is 2.56. The Bertz CT molecular complexity index is 3100. The van der Waals surface area contributed by atoms with E-state index < -0.39 is 0 Å². The van der Waals surface area contributed by atoms with Gasteiger partial charge in [0.25, 0.3) is 0 Å². The van der Waals surface area contributed by atoms with E-state index in [9.17, 15) is 0 Å². The fourth-order valence-electron chi connectivity index (χ4n) is 13.9. The molecule has 2 heteroatoms. The lowest BCUT2D eigenvalue weighted by molar-refractivity contribution is 0.146. The van der Waals surface area contributed by atoms with E-state index in [1.54, 1.807) is 0 Å². The molecular weight excluding hydrogens is 845 g/mol. The van der Waals surface area contributed by atoms with E-state index in [-0.39, 0.29) is 16.2 Å². The molecular formula is C68H68N2. The Labute approximate surface area is 418 Å². The lowest BCUT2D eigenvalue weighted by atomic mass is 9.59. The van der Waals surface area contributed by atoms with Gasteiger partial charge in [-0.1, -0.05) is 168 Å². The van der Waals surface area contributed by atoms with Gasteiger partial charge in [-0.2, -0.15) is 0 Å². The molecule has 3 saturated carbocycles. The van der Waals surface area contributed by atoms with E-state index in [1.165, 1.54) is 117 Å². The van der Waals surface area contributed by atoms with Gasteiger partial charge in [0.15, 0.2) is 0 Å². The van der Waals surface area contributed by atoms with Gasteiger partial charge in [0.1, 0.15) is 0 Å². The minimum Gasteiger partial charge on any atom is -0.311 e. The van der Waals surface area contributed by atoms with Gasteiger partial charge in [-0.3, -0.25) is 0 Å². The first-order chi connectivity index (χ1) is 34.0. The van der Waals surface area contributed by atoms with Crippen molar-refractivity contribution >= 4 is 34.1 Å². The lowest BCUT2D eigenvalue weighted by Crippen LogP contribution is -2.36. The second-order valence-corrected chi connectivity index (χ2v) is 23.0. The molecule has 3 fully saturated rings. The molecule has 0 amide bonds. The molecule has 0 spiro atoms. The van der Waals surface area contributed by atoms with Gasteiger partial charge < -0.3 is 9.80 Å². The first kappa shape index (κ1) is 44.6. The maximum atomic E-state index is 2.47. The van der Waals surface area contributed by atoms with E-state index in [2.05, 4.69) is 245 Å². The summed E-state index contributed by atoms with van der Waals surface area (Å²) in [5.74, 6) is 3.25. The third-order valence-corrected chi connectivity index (χ3v) is 17.8. The van der Waals surface area contributed by atoms with Crippen LogP contribution in [0.25, 0.3) is 22.3 Å². The molecule has 0 saturated heterocycles. The Morgan fingerprint density at radius 2 is 0.957 bits per heavy atom. The summed E-state index contributed by atoms with van der Waals surface area (Å²) in [4.78, 5) is 4.91. The first-order valence-corrected chi connectivity index (χ1v) is 26.4. The topological polar surface area (TPSA) is 6.48 Å². The number of benzene rings is 8. The standard InChI is InChI=1S/C68H68N2/c1-66(2,3)51-40-42-68(43-41-51,52-28-34-57(35-29-52)69(54-18-11-7-12-19-54)56-32-26-49(27-33-56)62-45-47-24-25-50(62)44-47)53-30-36-58(37-31-53)70(55-20-13-8-14-21-55)59-38-39-61-64(46-59)67(4,5)63-23-15-22-60(65(61)63)48-16-9-6-10-17-48/h6-23,26-39,46-47,50-51,62H,24-25,40-45H2,1-5H3. The van der Waals surface area contributed by atoms with Gasteiger partial charge in [-0.25, -0.2) is 0 Å². The average Bonchev–Trinajstić information content (AvgIpc) is 4.10. The number of hydrogen-bond donors (Lipinski definition) is 0. The molecule has 0 heterocycles.